The highest BCUT2D eigenvalue weighted by atomic mass is 32.2. The van der Waals surface area contributed by atoms with Crippen molar-refractivity contribution in [1.82, 2.24) is 10.6 Å². The van der Waals surface area contributed by atoms with Crippen molar-refractivity contribution in [3.63, 3.8) is 0 Å². The molecule has 2 aromatic rings. The first kappa shape index (κ1) is 25.4. The second-order valence-corrected chi connectivity index (χ2v) is 7.86. The average molecular weight is 463 g/mol. The Hall–Kier alpha value is -2.91. The van der Waals surface area contributed by atoms with Gasteiger partial charge in [-0.15, -0.1) is 0 Å². The molecular formula is C23H30N2O6S. The summed E-state index contributed by atoms with van der Waals surface area (Å²) in [7, 11) is 4.52. The van der Waals surface area contributed by atoms with Gasteiger partial charge in [-0.1, -0.05) is 12.1 Å². The summed E-state index contributed by atoms with van der Waals surface area (Å²) in [6, 6.07) is 11.1. The molecule has 0 aliphatic carbocycles. The fourth-order valence-corrected chi connectivity index (χ4v) is 3.57. The summed E-state index contributed by atoms with van der Waals surface area (Å²) in [6.07, 6.45) is 1.34. The number of nitrogens with one attached hydrogen (secondary N) is 2. The molecule has 32 heavy (non-hydrogen) atoms. The van der Waals surface area contributed by atoms with Crippen molar-refractivity contribution >= 4 is 23.6 Å². The molecule has 2 amide bonds. The first-order chi connectivity index (χ1) is 15.4. The molecule has 2 atom stereocenters. The summed E-state index contributed by atoms with van der Waals surface area (Å²) in [6.45, 7) is -0.0529. The number of para-hydroxylation sites is 1. The smallest absolute Gasteiger partial charge is 0.255 e. The summed E-state index contributed by atoms with van der Waals surface area (Å²) < 4.78 is 15.7. The number of methoxy groups -OCH3 is 3. The second kappa shape index (κ2) is 12.8. The Labute approximate surface area is 192 Å². The first-order valence-corrected chi connectivity index (χ1v) is 11.4. The molecule has 0 bridgehead atoms. The highest BCUT2D eigenvalue weighted by Crippen LogP contribution is 2.29. The third-order valence-electron chi connectivity index (χ3n) is 4.85. The monoisotopic (exact) mass is 462 g/mol. The third kappa shape index (κ3) is 6.80. The van der Waals surface area contributed by atoms with Crippen LogP contribution in [0.1, 0.15) is 28.4 Å². The van der Waals surface area contributed by atoms with Crippen LogP contribution >= 0.6 is 11.8 Å². The van der Waals surface area contributed by atoms with Crippen LogP contribution in [0.4, 0.5) is 0 Å². The predicted molar refractivity (Wildman–Crippen MR) is 125 cm³/mol. The summed E-state index contributed by atoms with van der Waals surface area (Å²) in [5, 5.41) is 16.1. The van der Waals surface area contributed by atoms with E-state index in [9.17, 15) is 14.7 Å². The number of hydrogen-bond acceptors (Lipinski definition) is 7. The highest BCUT2D eigenvalue weighted by Gasteiger charge is 2.24. The number of amides is 2. The van der Waals surface area contributed by atoms with Gasteiger partial charge in [0.05, 0.1) is 33.0 Å². The summed E-state index contributed by atoms with van der Waals surface area (Å²) in [5.74, 6) is 1.36. The molecule has 2 aromatic carbocycles. The minimum Gasteiger partial charge on any atom is -0.497 e. The van der Waals surface area contributed by atoms with Crippen molar-refractivity contribution in [2.45, 2.75) is 18.6 Å². The lowest BCUT2D eigenvalue weighted by Crippen LogP contribution is -2.48. The highest BCUT2D eigenvalue weighted by molar-refractivity contribution is 7.98. The molecule has 0 heterocycles. The van der Waals surface area contributed by atoms with E-state index in [1.807, 2.05) is 6.26 Å². The lowest BCUT2D eigenvalue weighted by atomic mass is 10.1. The van der Waals surface area contributed by atoms with Gasteiger partial charge in [-0.3, -0.25) is 9.59 Å². The van der Waals surface area contributed by atoms with E-state index < -0.39 is 18.1 Å². The Morgan fingerprint density at radius 1 is 1.03 bits per heavy atom. The maximum absolute atomic E-state index is 12.9. The van der Waals surface area contributed by atoms with E-state index in [0.29, 0.717) is 40.5 Å². The van der Waals surface area contributed by atoms with Gasteiger partial charge in [-0.2, -0.15) is 11.8 Å². The third-order valence-corrected chi connectivity index (χ3v) is 5.49. The van der Waals surface area contributed by atoms with Crippen molar-refractivity contribution in [1.29, 1.82) is 0 Å². The van der Waals surface area contributed by atoms with E-state index >= 15 is 0 Å². The molecule has 0 aliphatic rings. The van der Waals surface area contributed by atoms with Gasteiger partial charge in [-0.05, 0) is 48.8 Å². The Morgan fingerprint density at radius 2 is 1.75 bits per heavy atom. The van der Waals surface area contributed by atoms with E-state index in [4.69, 9.17) is 14.2 Å². The van der Waals surface area contributed by atoms with Crippen LogP contribution in [0.15, 0.2) is 42.5 Å². The van der Waals surface area contributed by atoms with Gasteiger partial charge in [0.1, 0.15) is 23.3 Å². The number of aliphatic hydroxyl groups excluding tert-OH is 1. The molecule has 0 aromatic heterocycles. The maximum atomic E-state index is 12.9. The quantitative estimate of drug-likeness (QED) is 0.445. The summed E-state index contributed by atoms with van der Waals surface area (Å²) in [4.78, 5) is 25.6. The molecule has 0 saturated heterocycles. The molecule has 0 fully saturated rings. The van der Waals surface area contributed by atoms with Crippen molar-refractivity contribution in [3.8, 4) is 17.2 Å². The number of aliphatic hydroxyl groups is 1. The number of hydrogen-bond donors (Lipinski definition) is 3. The first-order valence-electron chi connectivity index (χ1n) is 10.1. The van der Waals surface area contributed by atoms with Crippen LogP contribution in [0.25, 0.3) is 0 Å². The molecule has 8 nitrogen and oxygen atoms in total. The number of carbonyl (C=O) groups is 2. The van der Waals surface area contributed by atoms with E-state index in [2.05, 4.69) is 10.6 Å². The molecule has 0 saturated carbocycles. The van der Waals surface area contributed by atoms with Gasteiger partial charge in [0.2, 0.25) is 5.91 Å². The Balaban J connectivity index is 2.08. The maximum Gasteiger partial charge on any atom is 0.255 e. The predicted octanol–water partition coefficient (Wildman–Crippen LogP) is 2.41. The molecule has 2 rings (SSSR count). The summed E-state index contributed by atoms with van der Waals surface area (Å²) >= 11 is 1.57. The van der Waals surface area contributed by atoms with Crippen molar-refractivity contribution < 1.29 is 28.9 Å². The zero-order chi connectivity index (χ0) is 23.5. The molecule has 0 spiro atoms. The van der Waals surface area contributed by atoms with Gasteiger partial charge in [0.15, 0.2) is 0 Å². The Bertz CT molecular complexity index is 908. The van der Waals surface area contributed by atoms with Crippen molar-refractivity contribution in [2.75, 3.05) is 39.9 Å². The lowest BCUT2D eigenvalue weighted by molar-refractivity contribution is -0.123. The zero-order valence-electron chi connectivity index (χ0n) is 18.7. The molecular weight excluding hydrogens is 432 g/mol. The Morgan fingerprint density at radius 3 is 2.41 bits per heavy atom. The van der Waals surface area contributed by atoms with Gasteiger partial charge in [0.25, 0.3) is 5.91 Å². The topological polar surface area (TPSA) is 106 Å². The van der Waals surface area contributed by atoms with Crippen molar-refractivity contribution in [2.24, 2.45) is 0 Å². The fraction of sp³-hybridized carbons (Fsp3) is 0.391. The molecule has 2 unspecified atom stereocenters. The van der Waals surface area contributed by atoms with Gasteiger partial charge >= 0.3 is 0 Å². The number of benzene rings is 2. The van der Waals surface area contributed by atoms with Crippen LogP contribution in [0.2, 0.25) is 0 Å². The average Bonchev–Trinajstić information content (AvgIpc) is 2.83. The van der Waals surface area contributed by atoms with E-state index in [-0.39, 0.29) is 12.5 Å². The van der Waals surface area contributed by atoms with Crippen LogP contribution in [-0.4, -0.2) is 62.8 Å². The molecule has 0 aliphatic heterocycles. The minimum absolute atomic E-state index is 0.0529. The molecule has 174 valence electrons. The van der Waals surface area contributed by atoms with E-state index in [1.165, 1.54) is 21.3 Å². The second-order valence-electron chi connectivity index (χ2n) is 6.88. The van der Waals surface area contributed by atoms with Crippen LogP contribution < -0.4 is 24.8 Å². The normalized spacial score (nSPS) is 12.4. The zero-order valence-corrected chi connectivity index (χ0v) is 19.5. The van der Waals surface area contributed by atoms with E-state index in [1.54, 1.807) is 54.2 Å². The van der Waals surface area contributed by atoms with Gasteiger partial charge in [-0.25, -0.2) is 0 Å². The van der Waals surface area contributed by atoms with Crippen LogP contribution in [0.5, 0.6) is 17.2 Å². The largest absolute Gasteiger partial charge is 0.497 e. The SMILES string of the molecule is COc1ccc(OC)c(C(O)CNC(=O)C(CCSC)NC(=O)c2ccccc2OC)c1. The molecule has 0 radical (unpaired) electrons. The van der Waals surface area contributed by atoms with Crippen LogP contribution in [0.3, 0.4) is 0 Å². The molecule has 3 N–H and O–H groups in total. The van der Waals surface area contributed by atoms with E-state index in [0.717, 1.165) is 0 Å². The van der Waals surface area contributed by atoms with Crippen LogP contribution in [-0.2, 0) is 4.79 Å². The number of rotatable bonds is 12. The van der Waals surface area contributed by atoms with Crippen molar-refractivity contribution in [3.05, 3.63) is 53.6 Å². The number of carbonyl (C=O) groups excluding carboxylic acids is 2. The van der Waals surface area contributed by atoms with Gasteiger partial charge in [0, 0.05) is 12.1 Å². The lowest BCUT2D eigenvalue weighted by Gasteiger charge is -2.21. The fourth-order valence-electron chi connectivity index (χ4n) is 3.10. The summed E-state index contributed by atoms with van der Waals surface area (Å²) in [5.41, 5.74) is 0.837. The van der Waals surface area contributed by atoms with Gasteiger partial charge < -0.3 is 30.0 Å². The Kier molecular flexibility index (Phi) is 10.2. The standard InChI is InChI=1S/C23H30N2O6S/c1-29-15-9-10-21(31-3)17(13-15)19(26)14-24-23(28)18(11-12-32-4)25-22(27)16-7-5-6-8-20(16)30-2/h5-10,13,18-19,26H,11-12,14H2,1-4H3,(H,24,28)(H,25,27). The van der Waals surface area contributed by atoms with Crippen LogP contribution in [0, 0.1) is 0 Å². The molecule has 9 heteroatoms. The number of ether oxygens (including phenoxy) is 3. The minimum atomic E-state index is -1.02. The number of thioether (sulfide) groups is 1.